The molecule has 0 aromatic heterocycles. The van der Waals surface area contributed by atoms with Gasteiger partial charge >= 0.3 is 6.09 Å². The number of ether oxygens (including phenoxy) is 1. The van der Waals surface area contributed by atoms with Gasteiger partial charge < -0.3 is 4.74 Å². The van der Waals surface area contributed by atoms with Gasteiger partial charge in [0, 0.05) is 12.1 Å². The first-order valence-electron chi connectivity index (χ1n) is 5.21. The molecule has 5 heteroatoms. The number of rotatable bonds is 4. The molecule has 0 atom stereocenters. The third kappa shape index (κ3) is 4.10. The molecular weight excluding hydrogens is 261 g/mol. The highest BCUT2D eigenvalue weighted by Crippen LogP contribution is 2.28. The maximum absolute atomic E-state index is 11.6. The molecular formula is C12H14Cl2NO2. The fourth-order valence-electron chi connectivity index (χ4n) is 1.21. The van der Waals surface area contributed by atoms with Gasteiger partial charge in [-0.15, -0.1) is 0 Å². The van der Waals surface area contributed by atoms with Gasteiger partial charge in [-0.1, -0.05) is 36.5 Å². The Morgan fingerprint density at radius 3 is 2.76 bits per heavy atom. The van der Waals surface area contributed by atoms with Crippen LogP contribution in [0.15, 0.2) is 18.2 Å². The minimum atomic E-state index is -0.442. The number of unbranched alkanes of at least 4 members (excludes halogenated alkanes) is 1. The molecule has 93 valence electrons. The zero-order chi connectivity index (χ0) is 12.8. The van der Waals surface area contributed by atoms with Crippen molar-refractivity contribution in [1.82, 2.24) is 0 Å². The van der Waals surface area contributed by atoms with E-state index in [2.05, 4.69) is 6.92 Å². The number of amides is 1. The van der Waals surface area contributed by atoms with E-state index >= 15 is 0 Å². The number of benzene rings is 1. The highest BCUT2D eigenvalue weighted by molar-refractivity contribution is 6.36. The monoisotopic (exact) mass is 274 g/mol. The smallest absolute Gasteiger partial charge is 0.414 e. The van der Waals surface area contributed by atoms with E-state index in [9.17, 15) is 4.79 Å². The van der Waals surface area contributed by atoms with Gasteiger partial charge in [0.1, 0.15) is 0 Å². The number of carbonyl (C=O) groups is 1. The molecule has 3 nitrogen and oxygen atoms in total. The third-order valence-corrected chi connectivity index (χ3v) is 2.70. The second-order valence-corrected chi connectivity index (χ2v) is 4.32. The van der Waals surface area contributed by atoms with Gasteiger partial charge in [-0.2, -0.15) is 0 Å². The maximum atomic E-state index is 11.6. The average molecular weight is 275 g/mol. The molecule has 0 saturated heterocycles. The van der Waals surface area contributed by atoms with Crippen molar-refractivity contribution in [3.8, 4) is 0 Å². The fraction of sp³-hybridized carbons (Fsp3) is 0.333. The van der Waals surface area contributed by atoms with Crippen molar-refractivity contribution in [1.29, 1.82) is 0 Å². The Balaban J connectivity index is 2.68. The summed E-state index contributed by atoms with van der Waals surface area (Å²) in [6.07, 6.45) is 1.04. The van der Waals surface area contributed by atoms with Crippen LogP contribution in [0.2, 0.25) is 10.0 Å². The van der Waals surface area contributed by atoms with Crippen molar-refractivity contribution in [2.24, 2.45) is 0 Å². The molecule has 0 aliphatic rings. The Morgan fingerprint density at radius 1 is 1.47 bits per heavy atom. The van der Waals surface area contributed by atoms with E-state index in [1.54, 1.807) is 25.2 Å². The number of hydrogen-bond acceptors (Lipinski definition) is 2. The lowest BCUT2D eigenvalue weighted by Crippen LogP contribution is -2.27. The molecule has 0 bridgehead atoms. The summed E-state index contributed by atoms with van der Waals surface area (Å²) >= 11 is 11.8. The summed E-state index contributed by atoms with van der Waals surface area (Å²) in [6, 6.07) is 4.92. The lowest BCUT2D eigenvalue weighted by atomic mass is 10.3. The van der Waals surface area contributed by atoms with Crippen LogP contribution in [0.1, 0.15) is 12.8 Å². The summed E-state index contributed by atoms with van der Waals surface area (Å²) in [5, 5.41) is 0.937. The molecule has 0 heterocycles. The van der Waals surface area contributed by atoms with Crippen molar-refractivity contribution < 1.29 is 9.53 Å². The summed E-state index contributed by atoms with van der Waals surface area (Å²) in [5.74, 6) is 0. The van der Waals surface area contributed by atoms with Crippen molar-refractivity contribution >= 4 is 35.0 Å². The van der Waals surface area contributed by atoms with Gasteiger partial charge in [-0.3, -0.25) is 4.90 Å². The third-order valence-electron chi connectivity index (χ3n) is 2.16. The Labute approximate surface area is 111 Å². The molecule has 1 rings (SSSR count). The van der Waals surface area contributed by atoms with Crippen LogP contribution in [0.3, 0.4) is 0 Å². The maximum Gasteiger partial charge on any atom is 0.414 e. The van der Waals surface area contributed by atoms with Crippen molar-refractivity contribution in [2.75, 3.05) is 18.6 Å². The number of hydrogen-bond donors (Lipinski definition) is 0. The van der Waals surface area contributed by atoms with Crippen LogP contribution in [-0.4, -0.2) is 19.7 Å². The van der Waals surface area contributed by atoms with Crippen LogP contribution in [0.5, 0.6) is 0 Å². The Kier molecular flexibility index (Phi) is 5.59. The Bertz CT molecular complexity index is 396. The first-order valence-corrected chi connectivity index (χ1v) is 5.96. The van der Waals surface area contributed by atoms with Crippen LogP contribution in [0.4, 0.5) is 10.5 Å². The quantitative estimate of drug-likeness (QED) is 0.771. The molecule has 0 spiro atoms. The van der Waals surface area contributed by atoms with Gasteiger partial charge in [-0.25, -0.2) is 4.79 Å². The molecule has 1 aromatic carbocycles. The fourth-order valence-corrected chi connectivity index (χ4v) is 1.75. The normalized spacial score (nSPS) is 10.1. The highest BCUT2D eigenvalue weighted by Gasteiger charge is 2.15. The largest absolute Gasteiger partial charge is 0.449 e. The molecule has 0 saturated carbocycles. The molecule has 1 amide bonds. The van der Waals surface area contributed by atoms with Gasteiger partial charge in [0.15, 0.2) is 0 Å². The average Bonchev–Trinajstić information content (AvgIpc) is 2.28. The minimum Gasteiger partial charge on any atom is -0.449 e. The summed E-state index contributed by atoms with van der Waals surface area (Å²) < 4.78 is 5.04. The second-order valence-electron chi connectivity index (χ2n) is 3.48. The summed E-state index contributed by atoms with van der Waals surface area (Å²) in [4.78, 5) is 13.0. The van der Waals surface area contributed by atoms with Crippen LogP contribution in [0.25, 0.3) is 0 Å². The Hall–Kier alpha value is -0.930. The van der Waals surface area contributed by atoms with Crippen LogP contribution >= 0.6 is 23.2 Å². The standard InChI is InChI=1S/C12H14Cl2NO2/c1-3-4-7-17-12(16)15(2)11-6-5-9(13)8-10(11)14/h5-6,8H,1,3-4,7H2,2H3. The van der Waals surface area contributed by atoms with Gasteiger partial charge in [0.05, 0.1) is 17.3 Å². The van der Waals surface area contributed by atoms with E-state index in [-0.39, 0.29) is 0 Å². The predicted molar refractivity (Wildman–Crippen MR) is 70.8 cm³/mol. The number of anilines is 1. The van der Waals surface area contributed by atoms with Crippen molar-refractivity contribution in [2.45, 2.75) is 12.8 Å². The molecule has 0 unspecified atom stereocenters. The van der Waals surface area contributed by atoms with Gasteiger partial charge in [0.2, 0.25) is 0 Å². The molecule has 0 fully saturated rings. The minimum absolute atomic E-state index is 0.359. The molecule has 17 heavy (non-hydrogen) atoms. The number of carbonyl (C=O) groups excluding carboxylic acids is 1. The lowest BCUT2D eigenvalue weighted by molar-refractivity contribution is 0.154. The van der Waals surface area contributed by atoms with E-state index in [1.807, 2.05) is 0 Å². The van der Waals surface area contributed by atoms with E-state index < -0.39 is 6.09 Å². The second kappa shape index (κ2) is 6.72. The van der Waals surface area contributed by atoms with E-state index in [0.29, 0.717) is 22.3 Å². The lowest BCUT2D eigenvalue weighted by Gasteiger charge is -2.18. The Morgan fingerprint density at radius 2 is 2.18 bits per heavy atom. The molecule has 1 aromatic rings. The van der Waals surface area contributed by atoms with E-state index in [1.165, 1.54) is 4.90 Å². The topological polar surface area (TPSA) is 29.5 Å². The number of halogens is 2. The van der Waals surface area contributed by atoms with Gasteiger partial charge in [0.25, 0.3) is 0 Å². The molecule has 0 aliphatic heterocycles. The zero-order valence-electron chi connectivity index (χ0n) is 9.58. The molecule has 0 N–H and O–H groups in total. The first kappa shape index (κ1) is 14.1. The summed E-state index contributed by atoms with van der Waals surface area (Å²) in [6.45, 7) is 4.03. The van der Waals surface area contributed by atoms with Crippen LogP contribution < -0.4 is 4.90 Å². The predicted octanol–water partition coefficient (Wildman–Crippen LogP) is 4.18. The zero-order valence-corrected chi connectivity index (χ0v) is 11.1. The molecule has 0 aliphatic carbocycles. The van der Waals surface area contributed by atoms with E-state index in [0.717, 1.165) is 12.8 Å². The number of nitrogens with zero attached hydrogens (tertiary/aromatic N) is 1. The van der Waals surface area contributed by atoms with E-state index in [4.69, 9.17) is 27.9 Å². The highest BCUT2D eigenvalue weighted by atomic mass is 35.5. The van der Waals surface area contributed by atoms with Crippen molar-refractivity contribution in [3.63, 3.8) is 0 Å². The van der Waals surface area contributed by atoms with Crippen LogP contribution in [0, 0.1) is 6.92 Å². The summed E-state index contributed by atoms with van der Waals surface area (Å²) in [5.41, 5.74) is 0.565. The first-order chi connectivity index (χ1) is 8.06. The summed E-state index contributed by atoms with van der Waals surface area (Å²) in [7, 11) is 1.60. The van der Waals surface area contributed by atoms with Crippen molar-refractivity contribution in [3.05, 3.63) is 35.2 Å². The SMILES string of the molecule is [CH2]CCCOC(=O)N(C)c1ccc(Cl)cc1Cl. The van der Waals surface area contributed by atoms with Crippen LogP contribution in [-0.2, 0) is 4.74 Å². The van der Waals surface area contributed by atoms with Gasteiger partial charge in [-0.05, 0) is 24.6 Å². The molecule has 1 radical (unpaired) electrons.